The standard InChI is InChI=1S/C21H23BrN4O4S/c1-14-19(22)20(27)18(12-26(14)16-7-9-30-10-8-16)21(28)24-11-15-3-5-17(6-4-15)31(2,29)25-13-23/h3-6,12,16H,2,7-11H2,1H3,(H,24,28)(H,25,29). The van der Waals surface area contributed by atoms with Crippen LogP contribution in [0.1, 0.15) is 40.5 Å². The maximum absolute atomic E-state index is 12.8. The van der Waals surface area contributed by atoms with E-state index in [1.807, 2.05) is 11.5 Å². The van der Waals surface area contributed by atoms with Gasteiger partial charge in [-0.2, -0.15) is 5.26 Å². The van der Waals surface area contributed by atoms with Crippen molar-refractivity contribution in [2.75, 3.05) is 13.2 Å². The first kappa shape index (κ1) is 23.1. The molecular weight excluding hydrogens is 484 g/mol. The van der Waals surface area contributed by atoms with Crippen LogP contribution in [0.15, 0.2) is 44.6 Å². The molecule has 1 saturated heterocycles. The summed E-state index contributed by atoms with van der Waals surface area (Å²) in [6.07, 6.45) is 4.90. The summed E-state index contributed by atoms with van der Waals surface area (Å²) < 4.78 is 22.2. The van der Waals surface area contributed by atoms with Crippen molar-refractivity contribution < 1.29 is 13.7 Å². The summed E-state index contributed by atoms with van der Waals surface area (Å²) in [4.78, 5) is 25.8. The van der Waals surface area contributed by atoms with Gasteiger partial charge in [0.15, 0.2) is 6.19 Å². The first-order valence-corrected chi connectivity index (χ1v) is 12.2. The molecule has 1 aliphatic rings. The SMILES string of the molecule is C=S(=O)(NC#N)c1ccc(CNC(=O)c2cn(C3CCOCC3)c(C)c(Br)c2=O)cc1. The summed E-state index contributed by atoms with van der Waals surface area (Å²) in [5.41, 5.74) is 1.25. The lowest BCUT2D eigenvalue weighted by molar-refractivity contribution is 0.0687. The number of rotatable bonds is 6. The van der Waals surface area contributed by atoms with Crippen LogP contribution < -0.4 is 15.5 Å². The summed E-state index contributed by atoms with van der Waals surface area (Å²) in [6.45, 7) is 3.33. The Morgan fingerprint density at radius 2 is 2.00 bits per heavy atom. The highest BCUT2D eigenvalue weighted by molar-refractivity contribution is 9.10. The number of carbonyl (C=O) groups excluding carboxylic acids is 1. The van der Waals surface area contributed by atoms with Crippen molar-refractivity contribution in [1.29, 1.82) is 5.26 Å². The first-order chi connectivity index (χ1) is 14.7. The molecule has 0 aliphatic carbocycles. The summed E-state index contributed by atoms with van der Waals surface area (Å²) in [5, 5.41) is 11.4. The predicted molar refractivity (Wildman–Crippen MR) is 122 cm³/mol. The summed E-state index contributed by atoms with van der Waals surface area (Å²) in [6, 6.07) is 6.71. The number of amides is 1. The van der Waals surface area contributed by atoms with Crippen LogP contribution in [0.4, 0.5) is 0 Å². The van der Waals surface area contributed by atoms with Crippen LogP contribution in [0.3, 0.4) is 0 Å². The van der Waals surface area contributed by atoms with Crippen molar-refractivity contribution in [1.82, 2.24) is 14.6 Å². The number of halogens is 1. The van der Waals surface area contributed by atoms with Crippen LogP contribution in [0.25, 0.3) is 0 Å². The molecule has 1 aromatic heterocycles. The van der Waals surface area contributed by atoms with E-state index in [0.29, 0.717) is 22.6 Å². The van der Waals surface area contributed by atoms with Crippen LogP contribution in [-0.4, -0.2) is 33.8 Å². The second-order valence-electron chi connectivity index (χ2n) is 7.24. The van der Waals surface area contributed by atoms with Gasteiger partial charge in [-0.25, -0.2) is 8.93 Å². The van der Waals surface area contributed by atoms with Crippen molar-refractivity contribution in [3.8, 4) is 6.19 Å². The number of nitrogens with one attached hydrogen (secondary N) is 2. The van der Waals surface area contributed by atoms with Crippen molar-refractivity contribution in [3.05, 3.63) is 62.0 Å². The Hall–Kier alpha value is -2.61. The van der Waals surface area contributed by atoms with Gasteiger partial charge in [-0.1, -0.05) is 12.1 Å². The monoisotopic (exact) mass is 506 g/mol. The number of ether oxygens (including phenoxy) is 1. The zero-order valence-corrected chi connectivity index (χ0v) is 19.4. The van der Waals surface area contributed by atoms with Gasteiger partial charge < -0.3 is 14.6 Å². The van der Waals surface area contributed by atoms with Crippen molar-refractivity contribution in [2.45, 2.75) is 37.2 Å². The fourth-order valence-corrected chi connectivity index (χ4v) is 4.69. The lowest BCUT2D eigenvalue weighted by Gasteiger charge is -2.27. The number of carbonyl (C=O) groups is 1. The van der Waals surface area contributed by atoms with Gasteiger partial charge >= 0.3 is 0 Å². The zero-order valence-electron chi connectivity index (χ0n) is 17.0. The van der Waals surface area contributed by atoms with Crippen molar-refractivity contribution in [3.63, 3.8) is 0 Å². The molecule has 8 nitrogen and oxygen atoms in total. The molecule has 2 N–H and O–H groups in total. The highest BCUT2D eigenvalue weighted by Gasteiger charge is 2.22. The van der Waals surface area contributed by atoms with Crippen LogP contribution >= 0.6 is 15.9 Å². The molecule has 31 heavy (non-hydrogen) atoms. The summed E-state index contributed by atoms with van der Waals surface area (Å²) >= 11 is 3.34. The molecule has 1 fully saturated rings. The summed E-state index contributed by atoms with van der Waals surface area (Å²) in [7, 11) is -2.89. The molecule has 1 unspecified atom stereocenters. The van der Waals surface area contributed by atoms with E-state index < -0.39 is 15.6 Å². The average molecular weight is 507 g/mol. The Kier molecular flexibility index (Phi) is 7.20. The van der Waals surface area contributed by atoms with Crippen molar-refractivity contribution in [2.24, 2.45) is 0 Å². The van der Waals surface area contributed by atoms with E-state index in [1.165, 1.54) is 0 Å². The van der Waals surface area contributed by atoms with E-state index in [-0.39, 0.29) is 23.6 Å². The molecular formula is C21H23BrN4O4S. The molecule has 2 heterocycles. The van der Waals surface area contributed by atoms with Gasteiger partial charge in [0, 0.05) is 37.7 Å². The highest BCUT2D eigenvalue weighted by atomic mass is 79.9. The second-order valence-corrected chi connectivity index (χ2v) is 10.1. The average Bonchev–Trinajstić information content (AvgIpc) is 2.77. The molecule has 164 valence electrons. The molecule has 0 bridgehead atoms. The first-order valence-electron chi connectivity index (χ1n) is 9.64. The third-order valence-corrected chi connectivity index (χ3v) is 7.60. The number of nitrogens with zero attached hydrogens (tertiary/aromatic N) is 2. The van der Waals surface area contributed by atoms with E-state index >= 15 is 0 Å². The predicted octanol–water partition coefficient (Wildman–Crippen LogP) is 2.26. The fraction of sp³-hybridized carbons (Fsp3) is 0.333. The Morgan fingerprint density at radius 3 is 2.61 bits per heavy atom. The molecule has 1 aromatic carbocycles. The minimum Gasteiger partial charge on any atom is -0.381 e. The van der Waals surface area contributed by atoms with E-state index in [9.17, 15) is 13.8 Å². The van der Waals surface area contributed by atoms with E-state index in [0.717, 1.165) is 24.1 Å². The third-order valence-electron chi connectivity index (χ3n) is 5.21. The minimum atomic E-state index is -2.89. The largest absolute Gasteiger partial charge is 0.381 e. The molecule has 0 saturated carbocycles. The Morgan fingerprint density at radius 1 is 1.35 bits per heavy atom. The molecule has 2 aromatic rings. The molecule has 0 spiro atoms. The normalized spacial score (nSPS) is 16.2. The third kappa shape index (κ3) is 5.18. The van der Waals surface area contributed by atoms with Crippen LogP contribution in [-0.2, 0) is 21.0 Å². The van der Waals surface area contributed by atoms with Gasteiger partial charge in [-0.3, -0.25) is 9.59 Å². The molecule has 0 radical (unpaired) electrons. The molecule has 1 atom stereocenters. The number of pyridine rings is 1. The van der Waals surface area contributed by atoms with Gasteiger partial charge in [0.2, 0.25) is 5.43 Å². The smallest absolute Gasteiger partial charge is 0.257 e. The number of benzene rings is 1. The number of hydrogen-bond acceptors (Lipinski definition) is 5. The zero-order chi connectivity index (χ0) is 22.6. The lowest BCUT2D eigenvalue weighted by atomic mass is 10.1. The van der Waals surface area contributed by atoms with Crippen molar-refractivity contribution >= 4 is 37.4 Å². The van der Waals surface area contributed by atoms with Gasteiger partial charge in [0.05, 0.1) is 19.1 Å². The fourth-order valence-electron chi connectivity index (χ4n) is 3.43. The van der Waals surface area contributed by atoms with Gasteiger partial charge in [0.1, 0.15) is 5.56 Å². The Labute approximate surface area is 189 Å². The van der Waals surface area contributed by atoms with Gasteiger partial charge in [-0.05, 0) is 59.3 Å². The maximum atomic E-state index is 12.8. The molecule has 3 rings (SSSR count). The molecule has 1 amide bonds. The number of nitriles is 1. The van der Waals surface area contributed by atoms with Crippen LogP contribution in [0.5, 0.6) is 0 Å². The quantitative estimate of drug-likeness (QED) is 0.354. The van der Waals surface area contributed by atoms with Crippen LogP contribution in [0.2, 0.25) is 0 Å². The molecule has 1 aliphatic heterocycles. The van der Waals surface area contributed by atoms with E-state index in [4.69, 9.17) is 10.00 Å². The van der Waals surface area contributed by atoms with Crippen LogP contribution in [0, 0.1) is 18.4 Å². The Bertz CT molecular complexity index is 1180. The van der Waals surface area contributed by atoms with E-state index in [2.05, 4.69) is 31.8 Å². The number of hydrogen-bond donors (Lipinski definition) is 2. The number of aromatic nitrogens is 1. The topological polar surface area (TPSA) is 113 Å². The van der Waals surface area contributed by atoms with E-state index in [1.54, 1.807) is 36.7 Å². The minimum absolute atomic E-state index is 0.0691. The summed E-state index contributed by atoms with van der Waals surface area (Å²) in [5.74, 6) is 3.05. The Balaban J connectivity index is 1.77. The second kappa shape index (κ2) is 9.68. The molecule has 10 heteroatoms. The van der Waals surface area contributed by atoms with Gasteiger partial charge in [-0.15, -0.1) is 0 Å². The maximum Gasteiger partial charge on any atom is 0.257 e. The highest BCUT2D eigenvalue weighted by Crippen LogP contribution is 2.25. The lowest BCUT2D eigenvalue weighted by Crippen LogP contribution is -2.32. The van der Waals surface area contributed by atoms with Gasteiger partial charge in [0.25, 0.3) is 5.91 Å².